The molecule has 0 unspecified atom stereocenters. The molecule has 2 aromatic rings. The molecule has 178 valence electrons. The van der Waals surface area contributed by atoms with Gasteiger partial charge in [-0.2, -0.15) is 4.72 Å². The van der Waals surface area contributed by atoms with Crippen LogP contribution in [0.15, 0.2) is 59.5 Å². The molecule has 0 saturated carbocycles. The van der Waals surface area contributed by atoms with Crippen LogP contribution in [0.2, 0.25) is 5.02 Å². The van der Waals surface area contributed by atoms with Crippen LogP contribution in [0.3, 0.4) is 0 Å². The minimum Gasteiger partial charge on any atom is -0.454 e. The number of hydrogen-bond acceptors (Lipinski definition) is 6. The fourth-order valence-corrected chi connectivity index (χ4v) is 5.03. The third kappa shape index (κ3) is 6.69. The summed E-state index contributed by atoms with van der Waals surface area (Å²) in [5, 5.41) is 0.653. The van der Waals surface area contributed by atoms with Crippen molar-refractivity contribution in [2.75, 3.05) is 37.7 Å². The zero-order valence-corrected chi connectivity index (χ0v) is 20.2. The Kier molecular flexibility index (Phi) is 8.34. The number of hydrogen-bond donors (Lipinski definition) is 1. The second kappa shape index (κ2) is 11.0. The molecule has 8 nitrogen and oxygen atoms in total. The van der Waals surface area contributed by atoms with E-state index in [2.05, 4.69) is 9.62 Å². The van der Waals surface area contributed by atoms with E-state index >= 15 is 0 Å². The molecule has 33 heavy (non-hydrogen) atoms. The number of amides is 1. The maximum Gasteiger partial charge on any atom is 0.324 e. The first kappa shape index (κ1) is 25.0. The van der Waals surface area contributed by atoms with Crippen LogP contribution >= 0.6 is 11.6 Å². The van der Waals surface area contributed by atoms with Gasteiger partial charge in [0, 0.05) is 36.9 Å². The van der Waals surface area contributed by atoms with Crippen LogP contribution in [0.5, 0.6) is 0 Å². The Morgan fingerprint density at radius 1 is 1.03 bits per heavy atom. The quantitative estimate of drug-likeness (QED) is 0.568. The molecule has 1 saturated heterocycles. The van der Waals surface area contributed by atoms with Gasteiger partial charge in [-0.1, -0.05) is 49.7 Å². The molecule has 0 bridgehead atoms. The Balaban J connectivity index is 1.53. The molecule has 0 aliphatic carbocycles. The Morgan fingerprint density at radius 2 is 1.70 bits per heavy atom. The fraction of sp³-hybridized carbons (Fsp3) is 0.391. The van der Waals surface area contributed by atoms with Gasteiger partial charge in [-0.15, -0.1) is 0 Å². The van der Waals surface area contributed by atoms with Crippen molar-refractivity contribution >= 4 is 39.2 Å². The topological polar surface area (TPSA) is 96.0 Å². The van der Waals surface area contributed by atoms with Crippen LogP contribution in [-0.2, 0) is 24.3 Å². The summed E-state index contributed by atoms with van der Waals surface area (Å²) in [6.07, 6.45) is 0. The summed E-state index contributed by atoms with van der Waals surface area (Å²) in [5.74, 6) is -1.47. The van der Waals surface area contributed by atoms with E-state index in [-0.39, 0.29) is 16.7 Å². The third-order valence-corrected chi connectivity index (χ3v) is 7.09. The van der Waals surface area contributed by atoms with Crippen LogP contribution in [0.1, 0.15) is 13.8 Å². The first-order valence-electron chi connectivity index (χ1n) is 10.7. The molecule has 10 heteroatoms. The molecule has 1 fully saturated rings. The Morgan fingerprint density at radius 3 is 2.30 bits per heavy atom. The lowest BCUT2D eigenvalue weighted by Crippen LogP contribution is -2.50. The van der Waals surface area contributed by atoms with Crippen LogP contribution < -0.4 is 9.62 Å². The zero-order valence-electron chi connectivity index (χ0n) is 18.6. The van der Waals surface area contributed by atoms with Gasteiger partial charge in [-0.3, -0.25) is 9.59 Å². The van der Waals surface area contributed by atoms with E-state index in [1.807, 2.05) is 24.3 Å². The maximum absolute atomic E-state index is 12.6. The Hall–Kier alpha value is -2.62. The molecule has 1 amide bonds. The average molecular weight is 494 g/mol. The zero-order chi connectivity index (χ0) is 24.0. The van der Waals surface area contributed by atoms with Gasteiger partial charge in [0.2, 0.25) is 10.0 Å². The van der Waals surface area contributed by atoms with Gasteiger partial charge in [0.25, 0.3) is 5.91 Å². The van der Waals surface area contributed by atoms with E-state index in [9.17, 15) is 18.0 Å². The summed E-state index contributed by atoms with van der Waals surface area (Å²) in [5.41, 5.74) is 0.992. The van der Waals surface area contributed by atoms with Crippen LogP contribution in [0.25, 0.3) is 0 Å². The van der Waals surface area contributed by atoms with Gasteiger partial charge < -0.3 is 14.5 Å². The van der Waals surface area contributed by atoms with Crippen molar-refractivity contribution in [1.29, 1.82) is 0 Å². The Labute approximate surface area is 199 Å². The number of ether oxygens (including phenoxy) is 1. The van der Waals surface area contributed by atoms with Crippen molar-refractivity contribution < 1.29 is 22.7 Å². The highest BCUT2D eigenvalue weighted by molar-refractivity contribution is 7.89. The van der Waals surface area contributed by atoms with Crippen LogP contribution in [0.4, 0.5) is 5.69 Å². The predicted octanol–water partition coefficient (Wildman–Crippen LogP) is 2.53. The summed E-state index contributed by atoms with van der Waals surface area (Å²) in [6.45, 7) is 5.20. The molecule has 0 radical (unpaired) electrons. The highest BCUT2D eigenvalue weighted by Crippen LogP contribution is 2.21. The van der Waals surface area contributed by atoms with Crippen molar-refractivity contribution in [3.8, 4) is 0 Å². The molecular formula is C23H28ClN3O5S. The van der Waals surface area contributed by atoms with Gasteiger partial charge in [-0.25, -0.2) is 8.42 Å². The number of halogens is 1. The monoisotopic (exact) mass is 493 g/mol. The van der Waals surface area contributed by atoms with Crippen molar-refractivity contribution in [2.24, 2.45) is 5.92 Å². The number of rotatable bonds is 8. The SMILES string of the molecule is CC(C)[C@H](NS(=O)(=O)c1ccccc1)C(=O)OCC(=O)N1CCN(c2cccc(Cl)c2)CC1. The number of benzene rings is 2. The molecule has 0 spiro atoms. The number of anilines is 1. The number of sulfonamides is 1. The highest BCUT2D eigenvalue weighted by Gasteiger charge is 2.31. The molecule has 1 heterocycles. The molecule has 2 aromatic carbocycles. The maximum atomic E-state index is 12.6. The van der Waals surface area contributed by atoms with E-state index < -0.39 is 28.6 Å². The largest absolute Gasteiger partial charge is 0.454 e. The van der Waals surface area contributed by atoms with E-state index in [1.54, 1.807) is 36.9 Å². The molecule has 1 atom stereocenters. The Bertz CT molecular complexity index is 1070. The van der Waals surface area contributed by atoms with Crippen molar-refractivity contribution in [3.05, 3.63) is 59.6 Å². The molecular weight excluding hydrogens is 466 g/mol. The fourth-order valence-electron chi connectivity index (χ4n) is 3.49. The lowest BCUT2D eigenvalue weighted by molar-refractivity contribution is -0.154. The highest BCUT2D eigenvalue weighted by atomic mass is 35.5. The van der Waals surface area contributed by atoms with Crippen LogP contribution in [-0.4, -0.2) is 64.0 Å². The molecule has 1 aliphatic heterocycles. The van der Waals surface area contributed by atoms with Gasteiger partial charge >= 0.3 is 5.97 Å². The first-order chi connectivity index (χ1) is 15.7. The normalized spacial score (nSPS) is 15.4. The number of carbonyl (C=O) groups is 2. The van der Waals surface area contributed by atoms with Gasteiger partial charge in [0.1, 0.15) is 6.04 Å². The second-order valence-corrected chi connectivity index (χ2v) is 10.3. The summed E-state index contributed by atoms with van der Waals surface area (Å²) >= 11 is 6.05. The van der Waals surface area contributed by atoms with Gasteiger partial charge in [0.15, 0.2) is 6.61 Å². The smallest absolute Gasteiger partial charge is 0.324 e. The number of piperazine rings is 1. The molecule has 3 rings (SSSR count). The van der Waals surface area contributed by atoms with E-state index in [1.165, 1.54) is 12.1 Å². The van der Waals surface area contributed by atoms with Crippen molar-refractivity contribution in [2.45, 2.75) is 24.8 Å². The standard InChI is InChI=1S/C23H28ClN3O5S/c1-17(2)22(25-33(30,31)20-9-4-3-5-10-20)23(29)32-16-21(28)27-13-11-26(12-14-27)19-8-6-7-18(24)15-19/h3-10,15,17,22,25H,11-14,16H2,1-2H3/t22-/m0/s1. The van der Waals surface area contributed by atoms with E-state index in [0.717, 1.165) is 5.69 Å². The lowest BCUT2D eigenvalue weighted by Gasteiger charge is -2.36. The van der Waals surface area contributed by atoms with Gasteiger partial charge in [0.05, 0.1) is 4.90 Å². The van der Waals surface area contributed by atoms with E-state index in [0.29, 0.717) is 31.2 Å². The first-order valence-corrected chi connectivity index (χ1v) is 12.6. The lowest BCUT2D eigenvalue weighted by atomic mass is 10.1. The summed E-state index contributed by atoms with van der Waals surface area (Å²) < 4.78 is 32.8. The third-order valence-electron chi connectivity index (χ3n) is 5.40. The van der Waals surface area contributed by atoms with Gasteiger partial charge in [-0.05, 0) is 36.2 Å². The van der Waals surface area contributed by atoms with Crippen molar-refractivity contribution in [1.82, 2.24) is 9.62 Å². The molecule has 0 aromatic heterocycles. The minimum absolute atomic E-state index is 0.0529. The summed E-state index contributed by atoms with van der Waals surface area (Å²) in [4.78, 5) is 29.0. The minimum atomic E-state index is -3.91. The number of carbonyl (C=O) groups excluding carboxylic acids is 2. The summed E-state index contributed by atoms with van der Waals surface area (Å²) in [7, 11) is -3.91. The number of nitrogens with zero attached hydrogens (tertiary/aromatic N) is 2. The average Bonchev–Trinajstić information content (AvgIpc) is 2.81. The predicted molar refractivity (Wildman–Crippen MR) is 127 cm³/mol. The number of nitrogens with one attached hydrogen (secondary N) is 1. The van der Waals surface area contributed by atoms with Crippen molar-refractivity contribution in [3.63, 3.8) is 0 Å². The molecule has 1 aliphatic rings. The second-order valence-electron chi connectivity index (χ2n) is 8.11. The van der Waals surface area contributed by atoms with Crippen LogP contribution in [0, 0.1) is 5.92 Å². The van der Waals surface area contributed by atoms with E-state index in [4.69, 9.17) is 16.3 Å². The number of esters is 1. The molecule has 1 N–H and O–H groups in total. The summed E-state index contributed by atoms with van der Waals surface area (Å²) in [6, 6.07) is 14.2.